The number of nitrogens with zero attached hydrogens (tertiary/aromatic N) is 5. The molecule has 1 atom stereocenters. The average Bonchev–Trinajstić information content (AvgIpc) is 3.44. The molecule has 0 aliphatic carbocycles. The molecule has 1 fully saturated rings. The predicted molar refractivity (Wildman–Crippen MR) is 104 cm³/mol. The van der Waals surface area contributed by atoms with E-state index in [2.05, 4.69) is 15.4 Å². The van der Waals surface area contributed by atoms with E-state index in [1.165, 1.54) is 4.90 Å². The highest BCUT2D eigenvalue weighted by Gasteiger charge is 2.48. The number of pyridine rings is 1. The van der Waals surface area contributed by atoms with Gasteiger partial charge in [0.2, 0.25) is 11.5 Å². The van der Waals surface area contributed by atoms with Crippen LogP contribution in [0.15, 0.2) is 53.2 Å². The van der Waals surface area contributed by atoms with Crippen LogP contribution in [0.5, 0.6) is 0 Å². The van der Waals surface area contributed by atoms with Crippen molar-refractivity contribution < 1.29 is 14.4 Å². The summed E-state index contributed by atoms with van der Waals surface area (Å²) < 4.78 is 7.06. The number of anilines is 1. The average molecular weight is 390 g/mol. The van der Waals surface area contributed by atoms with Crippen LogP contribution in [0.1, 0.15) is 12.2 Å². The van der Waals surface area contributed by atoms with Crippen molar-refractivity contribution >= 4 is 17.5 Å². The van der Waals surface area contributed by atoms with Gasteiger partial charge in [-0.1, -0.05) is 23.4 Å². The van der Waals surface area contributed by atoms with Crippen molar-refractivity contribution in [2.75, 3.05) is 19.3 Å². The van der Waals surface area contributed by atoms with Crippen molar-refractivity contribution in [2.45, 2.75) is 12.0 Å². The van der Waals surface area contributed by atoms with Crippen LogP contribution < -0.4 is 5.73 Å². The van der Waals surface area contributed by atoms with Crippen molar-refractivity contribution in [3.8, 4) is 22.4 Å². The Labute approximate surface area is 165 Å². The lowest BCUT2D eigenvalue weighted by atomic mass is 9.97. The summed E-state index contributed by atoms with van der Waals surface area (Å²) in [5.41, 5.74) is 8.08. The number of nitrogens with two attached hydrogens (primary N) is 1. The molecule has 3 N–H and O–H groups in total. The molecule has 9 nitrogen and oxygen atoms in total. The number of nitrogen functional groups attached to an aromatic ring is 1. The molecule has 1 aliphatic heterocycles. The summed E-state index contributed by atoms with van der Waals surface area (Å²) >= 11 is 0. The van der Waals surface area contributed by atoms with Gasteiger partial charge in [0.25, 0.3) is 5.91 Å². The lowest BCUT2D eigenvalue weighted by Gasteiger charge is -2.16. The molecule has 0 bridgehead atoms. The Morgan fingerprint density at radius 1 is 1.14 bits per heavy atom. The van der Waals surface area contributed by atoms with Gasteiger partial charge in [0.1, 0.15) is 5.69 Å². The maximum absolute atomic E-state index is 12.3. The number of aromatic nitrogens is 4. The standard InChI is InChI=1S/C20H18N6O3/c1-25-8-7-20(28,18(25)27)16-10-15(24-29-16)13-4-2-3-12(9-13)14-5-6-17-22-23-19(21)26(17)11-14/h2-6,9-11,28H,7-8H2,1H3,(H2,21,23). The summed E-state index contributed by atoms with van der Waals surface area (Å²) in [6.45, 7) is 0.468. The molecule has 4 heterocycles. The normalized spacial score (nSPS) is 19.4. The number of likely N-dealkylation sites (tertiary alicyclic amines) is 1. The fourth-order valence-electron chi connectivity index (χ4n) is 3.63. The Morgan fingerprint density at radius 3 is 2.76 bits per heavy atom. The molecule has 1 amide bonds. The van der Waals surface area contributed by atoms with E-state index in [9.17, 15) is 9.90 Å². The van der Waals surface area contributed by atoms with Crippen LogP contribution in [0.4, 0.5) is 5.95 Å². The van der Waals surface area contributed by atoms with Crippen molar-refractivity contribution in [1.29, 1.82) is 0 Å². The molecule has 1 aromatic carbocycles. The first-order chi connectivity index (χ1) is 14.0. The van der Waals surface area contributed by atoms with E-state index in [1.54, 1.807) is 17.5 Å². The fraction of sp³-hybridized carbons (Fsp3) is 0.200. The van der Waals surface area contributed by atoms with Crippen LogP contribution in [-0.2, 0) is 10.4 Å². The minimum Gasteiger partial charge on any atom is -0.373 e. The molecule has 29 heavy (non-hydrogen) atoms. The number of likely N-dealkylation sites (N-methyl/N-ethyl adjacent to an activating group) is 1. The van der Waals surface area contributed by atoms with Crippen molar-refractivity contribution in [2.24, 2.45) is 0 Å². The third-order valence-electron chi connectivity index (χ3n) is 5.35. The van der Waals surface area contributed by atoms with E-state index in [1.807, 2.05) is 42.6 Å². The van der Waals surface area contributed by atoms with Crippen molar-refractivity contribution in [1.82, 2.24) is 24.7 Å². The van der Waals surface area contributed by atoms with Crippen LogP contribution in [0.2, 0.25) is 0 Å². The number of carbonyl (C=O) groups excluding carboxylic acids is 1. The van der Waals surface area contributed by atoms with Gasteiger partial charge in [-0.05, 0) is 29.3 Å². The molecule has 0 radical (unpaired) electrons. The molecule has 1 unspecified atom stereocenters. The Balaban J connectivity index is 1.51. The highest BCUT2D eigenvalue weighted by Crippen LogP contribution is 2.35. The first-order valence-corrected chi connectivity index (χ1v) is 9.12. The molecule has 0 saturated carbocycles. The summed E-state index contributed by atoms with van der Waals surface area (Å²) in [4.78, 5) is 13.8. The number of rotatable bonds is 3. The monoisotopic (exact) mass is 390 g/mol. The predicted octanol–water partition coefficient (Wildman–Crippen LogP) is 1.68. The minimum atomic E-state index is -1.66. The second-order valence-corrected chi connectivity index (χ2v) is 7.20. The molecular formula is C20H18N6O3. The summed E-state index contributed by atoms with van der Waals surface area (Å²) in [5.74, 6) is 0.0957. The third kappa shape index (κ3) is 2.66. The third-order valence-corrected chi connectivity index (χ3v) is 5.35. The molecule has 1 aliphatic rings. The summed E-state index contributed by atoms with van der Waals surface area (Å²) in [6.07, 6.45) is 2.14. The zero-order valence-electron chi connectivity index (χ0n) is 15.6. The van der Waals surface area contributed by atoms with E-state index < -0.39 is 5.60 Å². The Morgan fingerprint density at radius 2 is 1.97 bits per heavy atom. The van der Waals surface area contributed by atoms with Crippen LogP contribution in [0.25, 0.3) is 28.0 Å². The first kappa shape index (κ1) is 17.4. The molecule has 146 valence electrons. The molecule has 1 saturated heterocycles. The lowest BCUT2D eigenvalue weighted by Crippen LogP contribution is -2.35. The van der Waals surface area contributed by atoms with Gasteiger partial charge in [-0.3, -0.25) is 9.20 Å². The number of fused-ring (bicyclic) bond motifs is 1. The van der Waals surface area contributed by atoms with Crippen LogP contribution in [0, 0.1) is 0 Å². The molecule has 0 spiro atoms. The summed E-state index contributed by atoms with van der Waals surface area (Å²) in [7, 11) is 1.65. The second-order valence-electron chi connectivity index (χ2n) is 7.20. The SMILES string of the molecule is CN1CCC(O)(c2cc(-c3cccc(-c4ccc5nnc(N)n5c4)c3)no2)C1=O. The van der Waals surface area contributed by atoms with E-state index in [-0.39, 0.29) is 18.1 Å². The van der Waals surface area contributed by atoms with E-state index >= 15 is 0 Å². The van der Waals surface area contributed by atoms with Gasteiger partial charge >= 0.3 is 0 Å². The number of aliphatic hydroxyl groups is 1. The largest absolute Gasteiger partial charge is 0.373 e. The number of benzene rings is 1. The van der Waals surface area contributed by atoms with Gasteiger partial charge in [0, 0.05) is 37.8 Å². The van der Waals surface area contributed by atoms with Gasteiger partial charge in [-0.25, -0.2) is 0 Å². The van der Waals surface area contributed by atoms with Crippen LogP contribution >= 0.6 is 0 Å². The molecule has 3 aromatic heterocycles. The fourth-order valence-corrected chi connectivity index (χ4v) is 3.63. The van der Waals surface area contributed by atoms with Gasteiger partial charge in [0.05, 0.1) is 0 Å². The number of hydrogen-bond acceptors (Lipinski definition) is 7. The van der Waals surface area contributed by atoms with Gasteiger partial charge < -0.3 is 20.3 Å². The van der Waals surface area contributed by atoms with Gasteiger partial charge in [-0.15, -0.1) is 10.2 Å². The van der Waals surface area contributed by atoms with Crippen LogP contribution in [-0.4, -0.2) is 49.3 Å². The maximum atomic E-state index is 12.3. The van der Waals surface area contributed by atoms with Crippen molar-refractivity contribution in [3.05, 3.63) is 54.4 Å². The number of carbonyl (C=O) groups is 1. The number of hydrogen-bond donors (Lipinski definition) is 2. The van der Waals surface area contributed by atoms with E-state index in [0.717, 1.165) is 16.7 Å². The smallest absolute Gasteiger partial charge is 0.262 e. The molecule has 4 aromatic rings. The van der Waals surface area contributed by atoms with Gasteiger partial charge in [-0.2, -0.15) is 0 Å². The highest BCUT2D eigenvalue weighted by atomic mass is 16.5. The zero-order chi connectivity index (χ0) is 20.2. The Kier molecular flexibility index (Phi) is 3.68. The second kappa shape index (κ2) is 6.14. The van der Waals surface area contributed by atoms with Gasteiger partial charge in [0.15, 0.2) is 11.4 Å². The molecular weight excluding hydrogens is 372 g/mol. The van der Waals surface area contributed by atoms with Crippen LogP contribution in [0.3, 0.4) is 0 Å². The molecule has 9 heteroatoms. The zero-order valence-corrected chi connectivity index (χ0v) is 15.6. The Hall–Kier alpha value is -3.72. The van der Waals surface area contributed by atoms with E-state index in [4.69, 9.17) is 10.3 Å². The highest BCUT2D eigenvalue weighted by molar-refractivity contribution is 5.87. The lowest BCUT2D eigenvalue weighted by molar-refractivity contribution is -0.144. The Bertz CT molecular complexity index is 1250. The first-order valence-electron chi connectivity index (χ1n) is 9.12. The maximum Gasteiger partial charge on any atom is 0.262 e. The molecule has 5 rings (SSSR count). The number of amides is 1. The van der Waals surface area contributed by atoms with Crippen molar-refractivity contribution in [3.63, 3.8) is 0 Å². The summed E-state index contributed by atoms with van der Waals surface area (Å²) in [5, 5.41) is 22.7. The minimum absolute atomic E-state index is 0.158. The quantitative estimate of drug-likeness (QED) is 0.545. The van der Waals surface area contributed by atoms with E-state index in [0.29, 0.717) is 23.8 Å². The topological polar surface area (TPSA) is 123 Å². The summed E-state index contributed by atoms with van der Waals surface area (Å²) in [6, 6.07) is 13.1.